The first-order valence-electron chi connectivity index (χ1n) is 30.5. The Hall–Kier alpha value is -6.51. The highest BCUT2D eigenvalue weighted by Gasteiger charge is 2.53. The number of unbranched alkanes of at least 4 members (excludes halogenated alkanes) is 20. The van der Waals surface area contributed by atoms with Crippen LogP contribution in [0.3, 0.4) is 0 Å². The Balaban J connectivity index is 1.19. The van der Waals surface area contributed by atoms with Crippen LogP contribution in [0.2, 0.25) is 0 Å². The Bertz CT molecular complexity index is 2480. The molecule has 0 aliphatic carbocycles. The molecule has 2 heterocycles. The predicted molar refractivity (Wildman–Crippen MR) is 313 cm³/mol. The van der Waals surface area contributed by atoms with Crippen LogP contribution in [-0.2, 0) is 61.5 Å². The third-order valence-corrected chi connectivity index (χ3v) is 16.0. The zero-order valence-electron chi connectivity index (χ0n) is 48.9. The minimum Gasteiger partial charge on any atom is -0.456 e. The molecule has 0 bridgehead atoms. The number of hydrogen-bond donors (Lipinski definition) is 4. The smallest absolute Gasteiger partial charge is 0.340 e. The van der Waals surface area contributed by atoms with E-state index in [1.165, 1.54) is 89.9 Å². The van der Waals surface area contributed by atoms with Gasteiger partial charge < -0.3 is 31.6 Å². The highest BCUT2D eigenvalue weighted by Crippen LogP contribution is 2.56. The second kappa shape index (κ2) is 34.1. The van der Waals surface area contributed by atoms with Gasteiger partial charge in [0.2, 0.25) is 23.6 Å². The van der Waals surface area contributed by atoms with Crippen molar-refractivity contribution in [1.82, 2.24) is 10.6 Å². The number of ether oxygens (including phenoxy) is 2. The number of hydrogen-bond acceptors (Lipinski definition) is 11. The molecule has 1 spiro atoms. The summed E-state index contributed by atoms with van der Waals surface area (Å²) in [5, 5.41) is 5.42. The van der Waals surface area contributed by atoms with Crippen molar-refractivity contribution in [2.45, 2.75) is 238 Å². The van der Waals surface area contributed by atoms with E-state index in [9.17, 15) is 43.2 Å². The van der Waals surface area contributed by atoms with Crippen molar-refractivity contribution >= 4 is 52.7 Å². The number of benzene rings is 3. The van der Waals surface area contributed by atoms with Gasteiger partial charge in [0.25, 0.3) is 0 Å². The summed E-state index contributed by atoms with van der Waals surface area (Å²) in [5.74, 6) is -5.63. The first-order valence-corrected chi connectivity index (χ1v) is 30.5. The van der Waals surface area contributed by atoms with E-state index >= 15 is 0 Å². The topological polar surface area (TPSA) is 248 Å². The fourth-order valence-electron chi connectivity index (χ4n) is 11.2. The maximum absolute atomic E-state index is 13.8. The van der Waals surface area contributed by atoms with Crippen LogP contribution in [-0.4, -0.2) is 64.8 Å². The highest BCUT2D eigenvalue weighted by atomic mass is 16.6. The molecule has 81 heavy (non-hydrogen) atoms. The summed E-state index contributed by atoms with van der Waals surface area (Å²) in [5.41, 5.74) is 12.6. The molecular formula is C66H92N4O11. The van der Waals surface area contributed by atoms with Gasteiger partial charge in [-0.25, -0.2) is 4.79 Å². The number of carbonyl (C=O) groups excluding carboxylic acids is 9. The second-order valence-electron chi connectivity index (χ2n) is 22.9. The molecule has 15 heteroatoms. The van der Waals surface area contributed by atoms with Gasteiger partial charge in [-0.2, -0.15) is 0 Å². The summed E-state index contributed by atoms with van der Waals surface area (Å²) < 4.78 is 12.9. The number of rotatable bonds is 42. The van der Waals surface area contributed by atoms with E-state index in [1.54, 1.807) is 74.5 Å². The molecule has 0 saturated heterocycles. The van der Waals surface area contributed by atoms with E-state index in [-0.39, 0.29) is 73.2 Å². The molecule has 15 nitrogen and oxygen atoms in total. The van der Waals surface area contributed by atoms with Crippen molar-refractivity contribution in [2.75, 3.05) is 0 Å². The Kier molecular flexibility index (Phi) is 27.5. The zero-order valence-corrected chi connectivity index (χ0v) is 48.9. The van der Waals surface area contributed by atoms with Gasteiger partial charge in [0.15, 0.2) is 17.2 Å². The summed E-state index contributed by atoms with van der Waals surface area (Å²) in [6.45, 7) is 7.51. The van der Waals surface area contributed by atoms with Crippen LogP contribution in [0, 0.1) is 11.8 Å². The number of esters is 1. The molecule has 1 unspecified atom stereocenters. The van der Waals surface area contributed by atoms with Crippen LogP contribution in [0.15, 0.2) is 60.7 Å². The van der Waals surface area contributed by atoms with E-state index in [0.29, 0.717) is 59.1 Å². The van der Waals surface area contributed by atoms with Gasteiger partial charge in [0.05, 0.1) is 29.5 Å². The van der Waals surface area contributed by atoms with Crippen LogP contribution >= 0.6 is 0 Å². The van der Waals surface area contributed by atoms with Gasteiger partial charge in [0, 0.05) is 68.1 Å². The predicted octanol–water partition coefficient (Wildman–Crippen LogP) is 11.8. The molecule has 0 saturated carbocycles. The normalized spacial score (nSPS) is 15.5. The number of fused-ring (bicyclic) bond motifs is 6. The van der Waals surface area contributed by atoms with E-state index in [2.05, 4.69) is 24.5 Å². The molecule has 0 radical (unpaired) electrons. The molecule has 3 aromatic rings. The minimum atomic E-state index is -1.45. The number of Topliss-reactive ketones (excluding diaryl/α,β-unsaturated/α-hetero) is 4. The second-order valence-corrected chi connectivity index (χ2v) is 22.9. The summed E-state index contributed by atoms with van der Waals surface area (Å²) in [4.78, 5) is 118. The molecule has 5 rings (SSSR count). The largest absolute Gasteiger partial charge is 0.456 e. The van der Waals surface area contributed by atoms with Crippen molar-refractivity contribution in [3.63, 3.8) is 0 Å². The molecule has 2 aliphatic heterocycles. The van der Waals surface area contributed by atoms with Crippen molar-refractivity contribution in [3.05, 3.63) is 94.0 Å². The SMILES string of the molecule is CCCCCCCCCCCCCC(=O)C[C@H](CC(N)=O)C(=O)N[C@@H](C)C(=O)Cc1ccc2c(c1)Oc1cc(CC(=O)[C@@H](C)NC(=O)[C@H](CC(N)=O)CC(=O)CCCCCCCCCCCCC)ccc1C21OC(=O)c2ccccc21. The molecular weight excluding hydrogens is 1020 g/mol. The lowest BCUT2D eigenvalue weighted by atomic mass is 9.77. The average molecular weight is 1120 g/mol. The van der Waals surface area contributed by atoms with Gasteiger partial charge in [-0.15, -0.1) is 0 Å². The lowest BCUT2D eigenvalue weighted by Gasteiger charge is -2.37. The van der Waals surface area contributed by atoms with Gasteiger partial charge in [-0.05, 0) is 56.0 Å². The van der Waals surface area contributed by atoms with E-state index in [1.807, 2.05) is 0 Å². The fourth-order valence-corrected chi connectivity index (χ4v) is 11.2. The van der Waals surface area contributed by atoms with E-state index < -0.39 is 59.1 Å². The highest BCUT2D eigenvalue weighted by molar-refractivity contribution is 5.98. The van der Waals surface area contributed by atoms with Crippen molar-refractivity contribution in [1.29, 1.82) is 0 Å². The lowest BCUT2D eigenvalue weighted by Crippen LogP contribution is -2.43. The van der Waals surface area contributed by atoms with Crippen LogP contribution in [0.1, 0.15) is 246 Å². The fraction of sp³-hybridized carbons (Fsp3) is 0.591. The third kappa shape index (κ3) is 20.5. The minimum absolute atomic E-state index is 0.131. The first-order chi connectivity index (χ1) is 39.0. The van der Waals surface area contributed by atoms with Crippen molar-refractivity contribution < 1.29 is 52.6 Å². The van der Waals surface area contributed by atoms with Crippen LogP contribution in [0.5, 0.6) is 11.5 Å². The van der Waals surface area contributed by atoms with Crippen molar-refractivity contribution in [2.24, 2.45) is 23.3 Å². The summed E-state index contributed by atoms with van der Waals surface area (Å²) in [7, 11) is 0. The van der Waals surface area contributed by atoms with Gasteiger partial charge in [0.1, 0.15) is 23.1 Å². The Morgan fingerprint density at radius 3 is 1.23 bits per heavy atom. The quantitative estimate of drug-likeness (QED) is 0.0307. The van der Waals surface area contributed by atoms with Crippen LogP contribution < -0.4 is 26.8 Å². The van der Waals surface area contributed by atoms with E-state index in [0.717, 1.165) is 38.5 Å². The van der Waals surface area contributed by atoms with Gasteiger partial charge in [-0.3, -0.25) is 38.4 Å². The molecule has 6 N–H and O–H groups in total. The number of amides is 4. The number of carbonyl (C=O) groups is 9. The average Bonchev–Trinajstić information content (AvgIpc) is 2.58. The Morgan fingerprint density at radius 1 is 0.481 bits per heavy atom. The lowest BCUT2D eigenvalue weighted by molar-refractivity contribution is -0.134. The number of nitrogens with one attached hydrogen (secondary N) is 2. The maximum atomic E-state index is 13.8. The molecule has 0 fully saturated rings. The summed E-state index contributed by atoms with van der Waals surface area (Å²) in [6.07, 6.45) is 24.5. The van der Waals surface area contributed by atoms with Crippen molar-refractivity contribution in [3.8, 4) is 11.5 Å². The molecule has 2 aliphatic rings. The third-order valence-electron chi connectivity index (χ3n) is 16.0. The molecule has 0 aromatic heterocycles. The van der Waals surface area contributed by atoms with Crippen LogP contribution in [0.4, 0.5) is 0 Å². The maximum Gasteiger partial charge on any atom is 0.340 e. The Labute approximate surface area is 481 Å². The van der Waals surface area contributed by atoms with E-state index in [4.69, 9.17) is 20.9 Å². The summed E-state index contributed by atoms with van der Waals surface area (Å²) >= 11 is 0. The first kappa shape index (κ1) is 65.3. The molecule has 3 aromatic carbocycles. The number of ketones is 4. The standard InChI is InChI=1S/C66H92N4O11/c1-5-7-9-11-13-15-17-19-21-23-25-29-51(71)41-49(43-61(67)75)63(77)69-45(3)57(73)37-47-33-35-55-59(39-47)80-60-40-48(34-36-56(60)66(55)54-32-28-27-31-53(54)65(79)81-66)38-58(74)46(4)70-64(78)50(44-62(68)76)42-52(72)30-26-24-22-20-18-16-14-12-10-8-6-2/h27-28,31-36,39-40,45-46,49-50H,5-26,29-30,37-38,41-44H2,1-4H3,(H2,67,75)(H2,68,76)(H,69,77)(H,70,78)/t45-,46+,49+,50-,66?. The molecule has 5 atom stereocenters. The number of nitrogens with two attached hydrogens (primary N) is 2. The van der Waals surface area contributed by atoms with Crippen LogP contribution in [0.25, 0.3) is 0 Å². The van der Waals surface area contributed by atoms with Gasteiger partial charge >= 0.3 is 5.97 Å². The summed E-state index contributed by atoms with van der Waals surface area (Å²) in [6, 6.07) is 15.3. The molecule has 4 amide bonds. The Morgan fingerprint density at radius 2 is 0.852 bits per heavy atom. The number of primary amides is 2. The van der Waals surface area contributed by atoms with Gasteiger partial charge in [-0.1, -0.05) is 185 Å². The monoisotopic (exact) mass is 1120 g/mol. The molecule has 442 valence electrons. The zero-order chi connectivity index (χ0) is 58.7.